The zero-order valence-electron chi connectivity index (χ0n) is 17.1. The molecule has 1 aliphatic rings. The van der Waals surface area contributed by atoms with E-state index in [9.17, 15) is 0 Å². The lowest BCUT2D eigenvalue weighted by Crippen LogP contribution is -2.02. The summed E-state index contributed by atoms with van der Waals surface area (Å²) in [6.45, 7) is 2.51. The van der Waals surface area contributed by atoms with E-state index in [2.05, 4.69) is 49.6 Å². The molecule has 1 saturated heterocycles. The summed E-state index contributed by atoms with van der Waals surface area (Å²) in [6.07, 6.45) is 8.91. The molecule has 7 heteroatoms. The van der Waals surface area contributed by atoms with Crippen molar-refractivity contribution in [2.45, 2.75) is 25.8 Å². The average Bonchev–Trinajstić information content (AvgIpc) is 3.51. The van der Waals surface area contributed by atoms with Gasteiger partial charge in [0.15, 0.2) is 5.65 Å². The molecule has 4 aromatic rings. The van der Waals surface area contributed by atoms with Crippen molar-refractivity contribution < 1.29 is 4.74 Å². The zero-order chi connectivity index (χ0) is 20.3. The van der Waals surface area contributed by atoms with Gasteiger partial charge in [-0.2, -0.15) is 5.10 Å². The van der Waals surface area contributed by atoms with Crippen molar-refractivity contribution in [2.24, 2.45) is 13.0 Å². The molecule has 0 bridgehead atoms. The summed E-state index contributed by atoms with van der Waals surface area (Å²) in [5, 5.41) is 7.77. The molecule has 30 heavy (non-hydrogen) atoms. The number of aryl methyl sites for hydroxylation is 2. The summed E-state index contributed by atoms with van der Waals surface area (Å²) >= 11 is 0. The standard InChI is InChI=1S/C23H26N6O/c1-29-14-19(13-26-29)18-5-2-16(3-6-18)12-25-20-8-10-24-23-22(20)27-21(28-23)7-4-17-9-11-30-15-17/h2-3,5-6,8,10,13-14,17H,4,7,9,11-12,15H2,1H3,(H2,24,25,27,28). The number of hydrogen-bond donors (Lipinski definition) is 2. The van der Waals surface area contributed by atoms with Gasteiger partial charge in [-0.05, 0) is 36.0 Å². The predicted octanol–water partition coefficient (Wildman–Crippen LogP) is 3.94. The van der Waals surface area contributed by atoms with Crippen LogP contribution in [0.1, 0.15) is 24.2 Å². The van der Waals surface area contributed by atoms with Crippen LogP contribution >= 0.6 is 0 Å². The monoisotopic (exact) mass is 402 g/mol. The second-order valence-corrected chi connectivity index (χ2v) is 7.96. The van der Waals surface area contributed by atoms with Crippen LogP contribution < -0.4 is 5.32 Å². The van der Waals surface area contributed by atoms with Crippen LogP contribution in [0.2, 0.25) is 0 Å². The normalized spacial score (nSPS) is 16.4. The van der Waals surface area contributed by atoms with Gasteiger partial charge in [-0.15, -0.1) is 0 Å². The first-order valence-electron chi connectivity index (χ1n) is 10.5. The first-order valence-corrected chi connectivity index (χ1v) is 10.5. The Bertz CT molecular complexity index is 1120. The van der Waals surface area contributed by atoms with Gasteiger partial charge in [0.25, 0.3) is 0 Å². The second kappa shape index (κ2) is 8.28. The minimum atomic E-state index is 0.651. The van der Waals surface area contributed by atoms with E-state index in [-0.39, 0.29) is 0 Å². The lowest BCUT2D eigenvalue weighted by Gasteiger charge is -2.08. The summed E-state index contributed by atoms with van der Waals surface area (Å²) in [5.74, 6) is 1.65. The lowest BCUT2D eigenvalue weighted by molar-refractivity contribution is 0.184. The Balaban J connectivity index is 1.25. The van der Waals surface area contributed by atoms with E-state index in [4.69, 9.17) is 4.74 Å². The van der Waals surface area contributed by atoms with E-state index in [0.29, 0.717) is 5.92 Å². The van der Waals surface area contributed by atoms with Gasteiger partial charge < -0.3 is 15.0 Å². The molecule has 154 valence electrons. The molecule has 2 N–H and O–H groups in total. The minimum Gasteiger partial charge on any atom is -0.381 e. The van der Waals surface area contributed by atoms with Crippen LogP contribution in [0.25, 0.3) is 22.3 Å². The average molecular weight is 403 g/mol. The summed E-state index contributed by atoms with van der Waals surface area (Å²) in [7, 11) is 1.93. The number of anilines is 1. The fourth-order valence-electron chi connectivity index (χ4n) is 3.96. The fourth-order valence-corrected chi connectivity index (χ4v) is 3.96. The molecule has 0 radical (unpaired) electrons. The van der Waals surface area contributed by atoms with Crippen molar-refractivity contribution in [1.82, 2.24) is 24.7 Å². The quantitative estimate of drug-likeness (QED) is 0.489. The van der Waals surface area contributed by atoms with Crippen molar-refractivity contribution in [2.75, 3.05) is 18.5 Å². The van der Waals surface area contributed by atoms with E-state index in [1.165, 1.54) is 11.1 Å². The van der Waals surface area contributed by atoms with E-state index < -0.39 is 0 Å². The Labute approximate surface area is 175 Å². The number of nitrogens with one attached hydrogen (secondary N) is 2. The van der Waals surface area contributed by atoms with E-state index >= 15 is 0 Å². The highest BCUT2D eigenvalue weighted by Gasteiger charge is 2.16. The molecule has 1 aliphatic heterocycles. The number of ether oxygens (including phenoxy) is 1. The number of aromatic nitrogens is 5. The summed E-state index contributed by atoms with van der Waals surface area (Å²) in [5.41, 5.74) is 6.28. The fraction of sp³-hybridized carbons (Fsp3) is 0.348. The number of rotatable bonds is 7. The Morgan fingerprint density at radius 2 is 2.10 bits per heavy atom. The number of H-pyrrole nitrogens is 1. The lowest BCUT2D eigenvalue weighted by atomic mass is 10.0. The van der Waals surface area contributed by atoms with Crippen LogP contribution in [0.4, 0.5) is 5.69 Å². The van der Waals surface area contributed by atoms with E-state index in [1.807, 2.05) is 36.4 Å². The van der Waals surface area contributed by atoms with E-state index in [0.717, 1.165) is 67.3 Å². The molecule has 0 aliphatic carbocycles. The molecule has 5 rings (SSSR count). The number of hydrogen-bond acceptors (Lipinski definition) is 5. The van der Waals surface area contributed by atoms with Crippen molar-refractivity contribution in [3.8, 4) is 11.1 Å². The van der Waals surface area contributed by atoms with Crippen molar-refractivity contribution >= 4 is 16.9 Å². The van der Waals surface area contributed by atoms with Crippen LogP contribution in [0.5, 0.6) is 0 Å². The third-order valence-corrected chi connectivity index (χ3v) is 5.73. The number of aromatic amines is 1. The number of nitrogens with zero attached hydrogens (tertiary/aromatic N) is 4. The Kier molecular flexibility index (Phi) is 5.19. The SMILES string of the molecule is Cn1cc(-c2ccc(CNc3ccnc4nc(CCC5CCOC5)[nH]c34)cc2)cn1. The third-order valence-electron chi connectivity index (χ3n) is 5.73. The van der Waals surface area contributed by atoms with Crippen LogP contribution in [-0.4, -0.2) is 37.9 Å². The van der Waals surface area contributed by atoms with Crippen LogP contribution in [0.3, 0.4) is 0 Å². The zero-order valence-corrected chi connectivity index (χ0v) is 17.1. The number of imidazole rings is 1. The molecular formula is C23H26N6O. The molecule has 1 unspecified atom stereocenters. The van der Waals surface area contributed by atoms with Gasteiger partial charge in [-0.3, -0.25) is 4.68 Å². The smallest absolute Gasteiger partial charge is 0.179 e. The molecular weight excluding hydrogens is 376 g/mol. The Morgan fingerprint density at radius 3 is 2.87 bits per heavy atom. The molecule has 1 aromatic carbocycles. The van der Waals surface area contributed by atoms with Gasteiger partial charge in [0.05, 0.1) is 11.9 Å². The number of pyridine rings is 1. The third kappa shape index (κ3) is 4.07. The molecule has 0 spiro atoms. The van der Waals surface area contributed by atoms with E-state index in [1.54, 1.807) is 0 Å². The summed E-state index contributed by atoms with van der Waals surface area (Å²) < 4.78 is 7.29. The highest BCUT2D eigenvalue weighted by Crippen LogP contribution is 2.24. The Morgan fingerprint density at radius 1 is 1.20 bits per heavy atom. The highest BCUT2D eigenvalue weighted by atomic mass is 16.5. The summed E-state index contributed by atoms with van der Waals surface area (Å²) in [6, 6.07) is 10.6. The van der Waals surface area contributed by atoms with Crippen LogP contribution in [0.15, 0.2) is 48.9 Å². The molecule has 1 atom stereocenters. The predicted molar refractivity (Wildman–Crippen MR) is 117 cm³/mol. The molecule has 3 aromatic heterocycles. The van der Waals surface area contributed by atoms with Gasteiger partial charge in [-0.1, -0.05) is 24.3 Å². The maximum absolute atomic E-state index is 5.47. The molecule has 0 amide bonds. The van der Waals surface area contributed by atoms with Crippen molar-refractivity contribution in [3.63, 3.8) is 0 Å². The van der Waals surface area contributed by atoms with Gasteiger partial charge in [-0.25, -0.2) is 9.97 Å². The highest BCUT2D eigenvalue weighted by molar-refractivity contribution is 5.85. The maximum Gasteiger partial charge on any atom is 0.179 e. The first-order chi connectivity index (χ1) is 14.7. The number of fused-ring (bicyclic) bond motifs is 1. The minimum absolute atomic E-state index is 0.651. The maximum atomic E-state index is 5.47. The van der Waals surface area contributed by atoms with Crippen LogP contribution in [-0.2, 0) is 24.8 Å². The van der Waals surface area contributed by atoms with Crippen molar-refractivity contribution in [1.29, 1.82) is 0 Å². The molecule has 7 nitrogen and oxygen atoms in total. The second-order valence-electron chi connectivity index (χ2n) is 7.96. The van der Waals surface area contributed by atoms with Gasteiger partial charge in [0.1, 0.15) is 11.3 Å². The molecule has 0 saturated carbocycles. The van der Waals surface area contributed by atoms with Crippen LogP contribution in [0, 0.1) is 5.92 Å². The summed E-state index contributed by atoms with van der Waals surface area (Å²) in [4.78, 5) is 12.6. The largest absolute Gasteiger partial charge is 0.381 e. The Hall–Kier alpha value is -3.19. The topological polar surface area (TPSA) is 80.6 Å². The molecule has 4 heterocycles. The number of benzene rings is 1. The van der Waals surface area contributed by atoms with Gasteiger partial charge in [0, 0.05) is 51.2 Å². The van der Waals surface area contributed by atoms with Gasteiger partial charge >= 0.3 is 0 Å². The molecule has 1 fully saturated rings. The van der Waals surface area contributed by atoms with Crippen molar-refractivity contribution in [3.05, 3.63) is 60.3 Å². The van der Waals surface area contributed by atoms with Gasteiger partial charge in [0.2, 0.25) is 0 Å². The first kappa shape index (κ1) is 18.8.